The average molecular weight is 374 g/mol. The van der Waals surface area contributed by atoms with Gasteiger partial charge in [-0.2, -0.15) is 0 Å². The van der Waals surface area contributed by atoms with E-state index in [-0.39, 0.29) is 11.8 Å². The van der Waals surface area contributed by atoms with E-state index in [2.05, 4.69) is 47.8 Å². The molecule has 0 saturated heterocycles. The number of benzene rings is 1. The van der Waals surface area contributed by atoms with E-state index in [9.17, 15) is 4.79 Å². The number of nitrogens with two attached hydrogens (primary N) is 1. The van der Waals surface area contributed by atoms with Crippen molar-refractivity contribution in [1.29, 1.82) is 0 Å². The highest BCUT2D eigenvalue weighted by molar-refractivity contribution is 14.1. The summed E-state index contributed by atoms with van der Waals surface area (Å²) in [4.78, 5) is 12.0. The van der Waals surface area contributed by atoms with Gasteiger partial charge in [-0.05, 0) is 78.1 Å². The largest absolute Gasteiger partial charge is 0.330 e. The molecular weight excluding hydrogens is 351 g/mol. The molecule has 4 heteroatoms. The van der Waals surface area contributed by atoms with Gasteiger partial charge in [0.25, 0.3) is 0 Å². The summed E-state index contributed by atoms with van der Waals surface area (Å²) in [6.45, 7) is 6.89. The van der Waals surface area contributed by atoms with Gasteiger partial charge in [0.1, 0.15) is 0 Å². The Bertz CT molecular complexity index is 432. The maximum absolute atomic E-state index is 12.0. The second-order valence-corrected chi connectivity index (χ2v) is 6.69. The zero-order valence-corrected chi connectivity index (χ0v) is 14.0. The third-order valence-electron chi connectivity index (χ3n) is 3.07. The Kier molecular flexibility index (Phi) is 6.79. The molecule has 3 nitrogen and oxygen atoms in total. The fraction of sp³-hybridized carbons (Fsp3) is 0.533. The molecule has 1 aromatic rings. The minimum absolute atomic E-state index is 0.0559. The molecule has 1 rings (SSSR count). The van der Waals surface area contributed by atoms with Crippen molar-refractivity contribution in [3.05, 3.63) is 27.3 Å². The fourth-order valence-electron chi connectivity index (χ4n) is 2.16. The first-order valence-electron chi connectivity index (χ1n) is 6.68. The van der Waals surface area contributed by atoms with E-state index in [0.29, 0.717) is 18.9 Å². The van der Waals surface area contributed by atoms with Crippen molar-refractivity contribution in [2.45, 2.75) is 33.6 Å². The first-order valence-corrected chi connectivity index (χ1v) is 7.76. The van der Waals surface area contributed by atoms with Crippen LogP contribution in [0.3, 0.4) is 0 Å². The molecule has 1 aromatic carbocycles. The SMILES string of the molecule is Cc1cc(I)ccc1NC(=O)CC(CN)CC(C)C. The number of hydrogen-bond acceptors (Lipinski definition) is 2. The van der Waals surface area contributed by atoms with Gasteiger partial charge in [0.05, 0.1) is 0 Å². The molecule has 106 valence electrons. The quantitative estimate of drug-likeness (QED) is 0.749. The normalized spacial score (nSPS) is 12.5. The lowest BCUT2D eigenvalue weighted by molar-refractivity contribution is -0.117. The molecule has 0 fully saturated rings. The lowest BCUT2D eigenvalue weighted by Gasteiger charge is -2.17. The summed E-state index contributed by atoms with van der Waals surface area (Å²) in [5, 5.41) is 2.98. The molecule has 0 spiro atoms. The number of halogens is 1. The van der Waals surface area contributed by atoms with Crippen molar-refractivity contribution in [2.75, 3.05) is 11.9 Å². The molecule has 0 heterocycles. The molecule has 3 N–H and O–H groups in total. The number of carbonyl (C=O) groups is 1. The zero-order chi connectivity index (χ0) is 14.4. The van der Waals surface area contributed by atoms with Gasteiger partial charge in [-0.15, -0.1) is 0 Å². The van der Waals surface area contributed by atoms with Gasteiger partial charge in [-0.1, -0.05) is 13.8 Å². The van der Waals surface area contributed by atoms with Crippen molar-refractivity contribution in [3.63, 3.8) is 0 Å². The summed E-state index contributed by atoms with van der Waals surface area (Å²) in [5.41, 5.74) is 7.72. The second-order valence-electron chi connectivity index (χ2n) is 5.44. The van der Waals surface area contributed by atoms with Crippen LogP contribution in [0.1, 0.15) is 32.3 Å². The summed E-state index contributed by atoms with van der Waals surface area (Å²) in [7, 11) is 0. The van der Waals surface area contributed by atoms with E-state index >= 15 is 0 Å². The summed E-state index contributed by atoms with van der Waals surface area (Å²) in [6.07, 6.45) is 1.50. The van der Waals surface area contributed by atoms with E-state index in [0.717, 1.165) is 17.7 Å². The Morgan fingerprint density at radius 3 is 2.63 bits per heavy atom. The third-order valence-corrected chi connectivity index (χ3v) is 3.75. The van der Waals surface area contributed by atoms with Crippen LogP contribution in [0.2, 0.25) is 0 Å². The van der Waals surface area contributed by atoms with Crippen LogP contribution in [0.5, 0.6) is 0 Å². The molecular formula is C15H23IN2O. The minimum atomic E-state index is 0.0559. The first kappa shape index (κ1) is 16.4. The molecule has 0 saturated carbocycles. The molecule has 1 unspecified atom stereocenters. The van der Waals surface area contributed by atoms with Crippen molar-refractivity contribution in [3.8, 4) is 0 Å². The van der Waals surface area contributed by atoms with Crippen LogP contribution in [-0.4, -0.2) is 12.5 Å². The zero-order valence-electron chi connectivity index (χ0n) is 11.9. The van der Waals surface area contributed by atoms with Gasteiger partial charge >= 0.3 is 0 Å². The Balaban J connectivity index is 2.59. The molecule has 0 radical (unpaired) electrons. The Hall–Kier alpha value is -0.620. The summed E-state index contributed by atoms with van der Waals surface area (Å²) < 4.78 is 1.17. The number of hydrogen-bond donors (Lipinski definition) is 2. The summed E-state index contributed by atoms with van der Waals surface area (Å²) in [5.74, 6) is 0.894. The smallest absolute Gasteiger partial charge is 0.224 e. The van der Waals surface area contributed by atoms with Crippen LogP contribution in [0, 0.1) is 22.3 Å². The topological polar surface area (TPSA) is 55.1 Å². The van der Waals surface area contributed by atoms with Crippen molar-refractivity contribution >= 4 is 34.2 Å². The predicted octanol–water partition coefficient (Wildman–Crippen LogP) is 3.55. The number of anilines is 1. The van der Waals surface area contributed by atoms with E-state index in [1.807, 2.05) is 19.1 Å². The highest BCUT2D eigenvalue weighted by Gasteiger charge is 2.14. The molecule has 0 bridgehead atoms. The molecule has 1 atom stereocenters. The highest BCUT2D eigenvalue weighted by Crippen LogP contribution is 2.19. The van der Waals surface area contributed by atoms with E-state index in [4.69, 9.17) is 5.73 Å². The van der Waals surface area contributed by atoms with Crippen LogP contribution in [-0.2, 0) is 4.79 Å². The van der Waals surface area contributed by atoms with Crippen LogP contribution in [0.25, 0.3) is 0 Å². The number of nitrogens with one attached hydrogen (secondary N) is 1. The fourth-order valence-corrected chi connectivity index (χ4v) is 2.81. The maximum Gasteiger partial charge on any atom is 0.224 e. The minimum Gasteiger partial charge on any atom is -0.330 e. The number of amides is 1. The first-order chi connectivity index (χ1) is 8.92. The molecule has 0 aliphatic rings. The van der Waals surface area contributed by atoms with Gasteiger partial charge in [-0.25, -0.2) is 0 Å². The van der Waals surface area contributed by atoms with Gasteiger partial charge in [0, 0.05) is 15.7 Å². The summed E-state index contributed by atoms with van der Waals surface area (Å²) in [6, 6.07) is 6.01. The molecule has 0 aliphatic carbocycles. The monoisotopic (exact) mass is 374 g/mol. The molecule has 19 heavy (non-hydrogen) atoms. The van der Waals surface area contributed by atoms with Gasteiger partial charge in [0.2, 0.25) is 5.91 Å². The Morgan fingerprint density at radius 1 is 1.42 bits per heavy atom. The van der Waals surface area contributed by atoms with E-state index in [1.165, 1.54) is 3.57 Å². The second kappa shape index (κ2) is 7.85. The van der Waals surface area contributed by atoms with Crippen molar-refractivity contribution < 1.29 is 4.79 Å². The van der Waals surface area contributed by atoms with E-state index < -0.39 is 0 Å². The Morgan fingerprint density at radius 2 is 2.11 bits per heavy atom. The van der Waals surface area contributed by atoms with Crippen LogP contribution in [0.15, 0.2) is 18.2 Å². The van der Waals surface area contributed by atoms with Crippen LogP contribution < -0.4 is 11.1 Å². The summed E-state index contributed by atoms with van der Waals surface area (Å²) >= 11 is 2.27. The maximum atomic E-state index is 12.0. The van der Waals surface area contributed by atoms with Crippen LogP contribution in [0.4, 0.5) is 5.69 Å². The molecule has 1 amide bonds. The molecule has 0 aliphatic heterocycles. The van der Waals surface area contributed by atoms with Gasteiger partial charge in [0.15, 0.2) is 0 Å². The van der Waals surface area contributed by atoms with E-state index in [1.54, 1.807) is 0 Å². The van der Waals surface area contributed by atoms with Gasteiger partial charge < -0.3 is 11.1 Å². The number of rotatable bonds is 6. The predicted molar refractivity (Wildman–Crippen MR) is 89.1 cm³/mol. The lowest BCUT2D eigenvalue weighted by atomic mass is 9.94. The van der Waals surface area contributed by atoms with Gasteiger partial charge in [-0.3, -0.25) is 4.79 Å². The number of carbonyl (C=O) groups excluding carboxylic acids is 1. The number of aryl methyl sites for hydroxylation is 1. The third kappa shape index (κ3) is 5.91. The van der Waals surface area contributed by atoms with Crippen molar-refractivity contribution in [2.24, 2.45) is 17.6 Å². The highest BCUT2D eigenvalue weighted by atomic mass is 127. The van der Waals surface area contributed by atoms with Crippen molar-refractivity contribution in [1.82, 2.24) is 0 Å². The lowest BCUT2D eigenvalue weighted by Crippen LogP contribution is -2.23. The standard InChI is InChI=1S/C15H23IN2O/c1-10(2)6-12(9-17)8-15(19)18-14-5-4-13(16)7-11(14)3/h4-5,7,10,12H,6,8-9,17H2,1-3H3,(H,18,19). The Labute approximate surface area is 129 Å². The van der Waals surface area contributed by atoms with Crippen LogP contribution >= 0.6 is 22.6 Å². The molecule has 0 aromatic heterocycles. The average Bonchev–Trinajstić information content (AvgIpc) is 2.31.